The molecule has 0 spiro atoms. The second-order valence-electron chi connectivity index (χ2n) is 8.67. The van der Waals surface area contributed by atoms with Crippen molar-refractivity contribution < 1.29 is 18.7 Å². The topological polar surface area (TPSA) is 79.5 Å². The van der Waals surface area contributed by atoms with E-state index in [1.165, 1.54) is 18.6 Å². The van der Waals surface area contributed by atoms with Crippen molar-refractivity contribution in [2.75, 3.05) is 25.5 Å². The molecule has 0 saturated heterocycles. The maximum atomic E-state index is 13.7. The van der Waals surface area contributed by atoms with Crippen LogP contribution in [-0.2, 0) is 4.79 Å². The molecule has 1 atom stereocenters. The number of ether oxygens (including phenoxy) is 1. The zero-order valence-corrected chi connectivity index (χ0v) is 19.5. The summed E-state index contributed by atoms with van der Waals surface area (Å²) in [6, 6.07) is 11.0. The SMILES string of the molecule is COc1ccc(NCCNC(=O)C(CC2CCCCC2)NC(=O)c2cc(F)ccc2C)cc1. The van der Waals surface area contributed by atoms with Gasteiger partial charge in [0.25, 0.3) is 5.91 Å². The smallest absolute Gasteiger partial charge is 0.252 e. The normalized spacial score (nSPS) is 14.9. The van der Waals surface area contributed by atoms with Crippen LogP contribution in [0.3, 0.4) is 0 Å². The zero-order valence-electron chi connectivity index (χ0n) is 19.5. The van der Waals surface area contributed by atoms with E-state index in [9.17, 15) is 14.0 Å². The molecule has 0 aliphatic heterocycles. The molecule has 2 amide bonds. The number of carbonyl (C=O) groups excluding carboxylic acids is 2. The van der Waals surface area contributed by atoms with Gasteiger partial charge in [0.15, 0.2) is 0 Å². The third-order valence-electron chi connectivity index (χ3n) is 6.20. The molecule has 7 heteroatoms. The fourth-order valence-corrected chi connectivity index (χ4v) is 4.29. The van der Waals surface area contributed by atoms with E-state index in [4.69, 9.17) is 4.74 Å². The number of benzene rings is 2. The molecule has 3 N–H and O–H groups in total. The summed E-state index contributed by atoms with van der Waals surface area (Å²) < 4.78 is 18.8. The quantitative estimate of drug-likeness (QED) is 0.463. The lowest BCUT2D eigenvalue weighted by molar-refractivity contribution is -0.123. The highest BCUT2D eigenvalue weighted by molar-refractivity contribution is 5.98. The molecular weight excluding hydrogens is 421 g/mol. The van der Waals surface area contributed by atoms with Crippen molar-refractivity contribution in [3.63, 3.8) is 0 Å². The van der Waals surface area contributed by atoms with E-state index in [1.807, 2.05) is 24.3 Å². The summed E-state index contributed by atoms with van der Waals surface area (Å²) in [5.74, 6) is 0.0898. The van der Waals surface area contributed by atoms with Crippen LogP contribution in [0.1, 0.15) is 54.4 Å². The molecular formula is C26H34FN3O3. The number of anilines is 1. The first-order valence-electron chi connectivity index (χ1n) is 11.7. The maximum absolute atomic E-state index is 13.7. The number of halogens is 1. The van der Waals surface area contributed by atoms with Gasteiger partial charge in [0.1, 0.15) is 17.6 Å². The predicted molar refractivity (Wildman–Crippen MR) is 128 cm³/mol. The highest BCUT2D eigenvalue weighted by Crippen LogP contribution is 2.27. The Hall–Kier alpha value is -3.09. The Kier molecular flexibility index (Phi) is 9.10. The van der Waals surface area contributed by atoms with E-state index in [0.29, 0.717) is 31.0 Å². The molecule has 1 aliphatic carbocycles. The Bertz CT molecular complexity index is 927. The second kappa shape index (κ2) is 12.2. The van der Waals surface area contributed by atoms with Gasteiger partial charge in [-0.1, -0.05) is 38.2 Å². The molecule has 1 saturated carbocycles. The van der Waals surface area contributed by atoms with Crippen LogP contribution in [0.25, 0.3) is 0 Å². The predicted octanol–water partition coefficient (Wildman–Crippen LogP) is 4.44. The minimum Gasteiger partial charge on any atom is -0.497 e. The monoisotopic (exact) mass is 455 g/mol. The fourth-order valence-electron chi connectivity index (χ4n) is 4.29. The Balaban J connectivity index is 1.57. The number of methoxy groups -OCH3 is 1. The zero-order chi connectivity index (χ0) is 23.6. The summed E-state index contributed by atoms with van der Waals surface area (Å²) >= 11 is 0. The van der Waals surface area contributed by atoms with Crippen molar-refractivity contribution in [1.82, 2.24) is 10.6 Å². The Morgan fingerprint density at radius 3 is 2.48 bits per heavy atom. The number of aryl methyl sites for hydroxylation is 1. The van der Waals surface area contributed by atoms with Crippen molar-refractivity contribution in [2.45, 2.75) is 51.5 Å². The van der Waals surface area contributed by atoms with Crippen molar-refractivity contribution in [1.29, 1.82) is 0 Å². The highest BCUT2D eigenvalue weighted by Gasteiger charge is 2.26. The molecule has 1 fully saturated rings. The minimum atomic E-state index is -0.649. The number of hydrogen-bond donors (Lipinski definition) is 3. The first-order chi connectivity index (χ1) is 16.0. The van der Waals surface area contributed by atoms with Gasteiger partial charge >= 0.3 is 0 Å². The molecule has 2 aromatic rings. The Morgan fingerprint density at radius 2 is 1.79 bits per heavy atom. The van der Waals surface area contributed by atoms with E-state index >= 15 is 0 Å². The molecule has 33 heavy (non-hydrogen) atoms. The van der Waals surface area contributed by atoms with E-state index in [-0.39, 0.29) is 11.5 Å². The third kappa shape index (κ3) is 7.48. The lowest BCUT2D eigenvalue weighted by atomic mass is 9.84. The molecule has 0 bridgehead atoms. The van der Waals surface area contributed by atoms with Crippen molar-refractivity contribution >= 4 is 17.5 Å². The van der Waals surface area contributed by atoms with E-state index < -0.39 is 17.8 Å². The summed E-state index contributed by atoms with van der Waals surface area (Å²) in [7, 11) is 1.62. The van der Waals surface area contributed by atoms with Crippen LogP contribution in [0.4, 0.5) is 10.1 Å². The maximum Gasteiger partial charge on any atom is 0.252 e. The largest absolute Gasteiger partial charge is 0.497 e. The van der Waals surface area contributed by atoms with Gasteiger partial charge in [0.2, 0.25) is 5.91 Å². The van der Waals surface area contributed by atoms with Gasteiger partial charge < -0.3 is 20.7 Å². The lowest BCUT2D eigenvalue weighted by Gasteiger charge is -2.27. The highest BCUT2D eigenvalue weighted by atomic mass is 19.1. The number of rotatable bonds is 10. The molecule has 2 aromatic carbocycles. The first kappa shape index (κ1) is 24.6. The van der Waals surface area contributed by atoms with Crippen LogP contribution in [-0.4, -0.2) is 38.1 Å². The van der Waals surface area contributed by atoms with Crippen LogP contribution >= 0.6 is 0 Å². The number of amides is 2. The Labute approximate surface area is 195 Å². The van der Waals surface area contributed by atoms with Crippen molar-refractivity contribution in [2.24, 2.45) is 5.92 Å². The fraction of sp³-hybridized carbons (Fsp3) is 0.462. The van der Waals surface area contributed by atoms with Gasteiger partial charge in [-0.2, -0.15) is 0 Å². The van der Waals surface area contributed by atoms with Gasteiger partial charge in [0.05, 0.1) is 7.11 Å². The summed E-state index contributed by atoms with van der Waals surface area (Å²) in [4.78, 5) is 25.8. The number of hydrogen-bond acceptors (Lipinski definition) is 4. The third-order valence-corrected chi connectivity index (χ3v) is 6.20. The first-order valence-corrected chi connectivity index (χ1v) is 11.7. The van der Waals surface area contributed by atoms with Crippen LogP contribution < -0.4 is 20.7 Å². The van der Waals surface area contributed by atoms with Crippen molar-refractivity contribution in [3.8, 4) is 5.75 Å². The molecule has 0 radical (unpaired) electrons. The number of nitrogens with one attached hydrogen (secondary N) is 3. The number of carbonyl (C=O) groups is 2. The van der Waals surface area contributed by atoms with Crippen LogP contribution in [0, 0.1) is 18.7 Å². The molecule has 6 nitrogen and oxygen atoms in total. The van der Waals surface area contributed by atoms with E-state index in [1.54, 1.807) is 20.1 Å². The van der Waals surface area contributed by atoms with Crippen molar-refractivity contribution in [3.05, 3.63) is 59.4 Å². The summed E-state index contributed by atoms with van der Waals surface area (Å²) in [5, 5.41) is 9.05. The molecule has 178 valence electrons. The molecule has 0 aromatic heterocycles. The van der Waals surface area contributed by atoms with Gasteiger partial charge in [0, 0.05) is 24.3 Å². The lowest BCUT2D eigenvalue weighted by Crippen LogP contribution is -2.48. The van der Waals surface area contributed by atoms with E-state index in [0.717, 1.165) is 37.1 Å². The molecule has 1 unspecified atom stereocenters. The standard InChI is InChI=1S/C26H34FN3O3/c1-18-8-9-20(27)17-23(18)25(31)30-24(16-19-6-4-3-5-7-19)26(32)29-15-14-28-21-10-12-22(33-2)13-11-21/h8-13,17,19,24,28H,3-7,14-16H2,1-2H3,(H,29,32)(H,30,31). The molecule has 1 aliphatic rings. The van der Waals surface area contributed by atoms with Gasteiger partial charge in [-0.05, 0) is 61.2 Å². The Morgan fingerprint density at radius 1 is 1.06 bits per heavy atom. The van der Waals surface area contributed by atoms with Gasteiger partial charge in [-0.15, -0.1) is 0 Å². The summed E-state index contributed by atoms with van der Waals surface area (Å²) in [6.07, 6.45) is 6.26. The van der Waals surface area contributed by atoms with E-state index in [2.05, 4.69) is 16.0 Å². The average molecular weight is 456 g/mol. The van der Waals surface area contributed by atoms with Gasteiger partial charge in [-0.25, -0.2) is 4.39 Å². The van der Waals surface area contributed by atoms with Crippen LogP contribution in [0.2, 0.25) is 0 Å². The summed E-state index contributed by atoms with van der Waals surface area (Å²) in [5.41, 5.74) is 1.87. The molecule has 0 heterocycles. The van der Waals surface area contributed by atoms with Gasteiger partial charge in [-0.3, -0.25) is 9.59 Å². The average Bonchev–Trinajstić information content (AvgIpc) is 2.83. The van der Waals surface area contributed by atoms with Crippen LogP contribution in [0.15, 0.2) is 42.5 Å². The second-order valence-corrected chi connectivity index (χ2v) is 8.67. The van der Waals surface area contributed by atoms with Crippen LogP contribution in [0.5, 0.6) is 5.75 Å². The minimum absolute atomic E-state index is 0.209. The summed E-state index contributed by atoms with van der Waals surface area (Å²) in [6.45, 7) is 2.72. The molecule has 3 rings (SSSR count).